The summed E-state index contributed by atoms with van der Waals surface area (Å²) in [4.78, 5) is 2.37. The number of likely N-dealkylation sites (N-methyl/N-ethyl adjacent to an activating group) is 1. The monoisotopic (exact) mass is 242 g/mol. The summed E-state index contributed by atoms with van der Waals surface area (Å²) in [6.07, 6.45) is 6.52. The first-order chi connectivity index (χ1) is 8.26. The standard InChI is InChI=1S/C13H30N4/c1-3-4-5-6-7-13(12-14)15-17-10-8-16(2)9-11-17/h13,15H,3-12,14H2,1-2H3. The molecule has 4 heteroatoms. The fraction of sp³-hybridized carbons (Fsp3) is 1.00. The summed E-state index contributed by atoms with van der Waals surface area (Å²) < 4.78 is 0. The number of hydrogen-bond acceptors (Lipinski definition) is 4. The molecule has 1 aliphatic rings. The van der Waals surface area contributed by atoms with Gasteiger partial charge in [0.15, 0.2) is 0 Å². The van der Waals surface area contributed by atoms with E-state index in [9.17, 15) is 0 Å². The topological polar surface area (TPSA) is 44.5 Å². The van der Waals surface area contributed by atoms with Crippen molar-refractivity contribution in [3.05, 3.63) is 0 Å². The van der Waals surface area contributed by atoms with E-state index in [1.807, 2.05) is 0 Å². The molecule has 1 rings (SSSR count). The van der Waals surface area contributed by atoms with Gasteiger partial charge >= 0.3 is 0 Å². The fourth-order valence-electron chi connectivity index (χ4n) is 2.25. The third kappa shape index (κ3) is 6.36. The molecule has 0 aromatic carbocycles. The third-order valence-electron chi connectivity index (χ3n) is 3.56. The Kier molecular flexibility index (Phi) is 7.77. The Labute approximate surface area is 106 Å². The first kappa shape index (κ1) is 14.9. The Hall–Kier alpha value is -0.160. The molecule has 0 amide bonds. The number of nitrogens with zero attached hydrogens (tertiary/aromatic N) is 2. The number of nitrogens with two attached hydrogens (primary N) is 1. The maximum Gasteiger partial charge on any atom is 0.0337 e. The zero-order valence-electron chi connectivity index (χ0n) is 11.6. The molecule has 0 bridgehead atoms. The summed E-state index contributed by atoms with van der Waals surface area (Å²) in [5.74, 6) is 0. The van der Waals surface area contributed by atoms with Crippen LogP contribution in [0.5, 0.6) is 0 Å². The van der Waals surface area contributed by atoms with Gasteiger partial charge in [-0.25, -0.2) is 5.01 Å². The lowest BCUT2D eigenvalue weighted by Gasteiger charge is -2.35. The Bertz CT molecular complexity index is 178. The Balaban J connectivity index is 2.13. The van der Waals surface area contributed by atoms with Crippen molar-refractivity contribution >= 4 is 0 Å². The highest BCUT2D eigenvalue weighted by Crippen LogP contribution is 2.06. The number of hydrazine groups is 1. The lowest BCUT2D eigenvalue weighted by atomic mass is 10.1. The van der Waals surface area contributed by atoms with Gasteiger partial charge in [-0.2, -0.15) is 0 Å². The van der Waals surface area contributed by atoms with Crippen LogP contribution in [-0.2, 0) is 0 Å². The van der Waals surface area contributed by atoms with Crippen LogP contribution >= 0.6 is 0 Å². The van der Waals surface area contributed by atoms with Gasteiger partial charge in [-0.05, 0) is 13.5 Å². The van der Waals surface area contributed by atoms with Crippen LogP contribution in [-0.4, -0.2) is 55.7 Å². The van der Waals surface area contributed by atoms with Crippen LogP contribution in [0.2, 0.25) is 0 Å². The zero-order valence-corrected chi connectivity index (χ0v) is 11.6. The molecule has 1 fully saturated rings. The van der Waals surface area contributed by atoms with E-state index >= 15 is 0 Å². The van der Waals surface area contributed by atoms with Gasteiger partial charge in [0.25, 0.3) is 0 Å². The molecule has 0 aromatic rings. The van der Waals surface area contributed by atoms with Gasteiger partial charge in [-0.15, -0.1) is 0 Å². The second-order valence-corrected chi connectivity index (χ2v) is 5.20. The zero-order chi connectivity index (χ0) is 12.5. The van der Waals surface area contributed by atoms with E-state index in [1.54, 1.807) is 0 Å². The lowest BCUT2D eigenvalue weighted by Crippen LogP contribution is -2.55. The van der Waals surface area contributed by atoms with Crippen molar-refractivity contribution < 1.29 is 0 Å². The normalized spacial score (nSPS) is 20.6. The highest BCUT2D eigenvalue weighted by Gasteiger charge is 2.16. The molecule has 0 aliphatic carbocycles. The van der Waals surface area contributed by atoms with Crippen LogP contribution in [0.1, 0.15) is 39.0 Å². The van der Waals surface area contributed by atoms with Crippen molar-refractivity contribution in [2.45, 2.75) is 45.1 Å². The molecule has 3 N–H and O–H groups in total. The smallest absolute Gasteiger partial charge is 0.0337 e. The molecule has 1 saturated heterocycles. The van der Waals surface area contributed by atoms with Gasteiger partial charge in [0.05, 0.1) is 0 Å². The number of hydrogen-bond donors (Lipinski definition) is 2. The van der Waals surface area contributed by atoms with Crippen LogP contribution < -0.4 is 11.2 Å². The molecule has 1 aliphatic heterocycles. The largest absolute Gasteiger partial charge is 0.329 e. The summed E-state index contributed by atoms with van der Waals surface area (Å²) >= 11 is 0. The summed E-state index contributed by atoms with van der Waals surface area (Å²) in [7, 11) is 2.18. The van der Waals surface area contributed by atoms with Gasteiger partial charge in [0.2, 0.25) is 0 Å². The van der Waals surface area contributed by atoms with Gasteiger partial charge in [0, 0.05) is 38.8 Å². The summed E-state index contributed by atoms with van der Waals surface area (Å²) in [5, 5.41) is 2.34. The van der Waals surface area contributed by atoms with E-state index in [0.29, 0.717) is 6.04 Å². The first-order valence-corrected chi connectivity index (χ1v) is 7.16. The van der Waals surface area contributed by atoms with Crippen molar-refractivity contribution in [2.24, 2.45) is 5.73 Å². The van der Waals surface area contributed by atoms with E-state index in [2.05, 4.69) is 29.3 Å². The van der Waals surface area contributed by atoms with Crippen LogP contribution in [0.4, 0.5) is 0 Å². The Morgan fingerprint density at radius 2 is 1.82 bits per heavy atom. The second kappa shape index (κ2) is 8.86. The number of nitrogens with one attached hydrogen (secondary N) is 1. The minimum Gasteiger partial charge on any atom is -0.329 e. The van der Waals surface area contributed by atoms with Crippen molar-refractivity contribution in [1.82, 2.24) is 15.3 Å². The van der Waals surface area contributed by atoms with Crippen LogP contribution in [0.25, 0.3) is 0 Å². The first-order valence-electron chi connectivity index (χ1n) is 7.16. The maximum absolute atomic E-state index is 5.83. The lowest BCUT2D eigenvalue weighted by molar-refractivity contribution is 0.0857. The number of unbranched alkanes of at least 4 members (excludes halogenated alkanes) is 3. The maximum atomic E-state index is 5.83. The molecule has 1 unspecified atom stereocenters. The molecular weight excluding hydrogens is 212 g/mol. The van der Waals surface area contributed by atoms with Crippen LogP contribution in [0.3, 0.4) is 0 Å². The third-order valence-corrected chi connectivity index (χ3v) is 3.56. The predicted molar refractivity (Wildman–Crippen MR) is 73.8 cm³/mol. The highest BCUT2D eigenvalue weighted by atomic mass is 15.5. The van der Waals surface area contributed by atoms with Crippen LogP contribution in [0.15, 0.2) is 0 Å². The Morgan fingerprint density at radius 3 is 2.41 bits per heavy atom. The van der Waals surface area contributed by atoms with E-state index in [4.69, 9.17) is 5.73 Å². The predicted octanol–water partition coefficient (Wildman–Crippen LogP) is 1.04. The molecule has 17 heavy (non-hydrogen) atoms. The van der Waals surface area contributed by atoms with Crippen LogP contribution in [0, 0.1) is 0 Å². The second-order valence-electron chi connectivity index (χ2n) is 5.20. The van der Waals surface area contributed by atoms with Crippen molar-refractivity contribution in [3.63, 3.8) is 0 Å². The molecular formula is C13H30N4. The van der Waals surface area contributed by atoms with E-state index in [1.165, 1.54) is 32.1 Å². The number of rotatable bonds is 8. The minimum atomic E-state index is 0.468. The molecule has 4 nitrogen and oxygen atoms in total. The van der Waals surface area contributed by atoms with Gasteiger partial charge in [-0.3, -0.25) is 5.43 Å². The van der Waals surface area contributed by atoms with Gasteiger partial charge < -0.3 is 10.6 Å². The fourth-order valence-corrected chi connectivity index (χ4v) is 2.25. The summed E-state index contributed by atoms with van der Waals surface area (Å²) in [6.45, 7) is 7.53. The molecule has 0 radical (unpaired) electrons. The Morgan fingerprint density at radius 1 is 1.12 bits per heavy atom. The molecule has 0 saturated carbocycles. The SMILES string of the molecule is CCCCCCC(CN)NN1CCN(C)CC1. The molecule has 1 heterocycles. The summed E-state index contributed by atoms with van der Waals surface area (Å²) in [6, 6.07) is 0.468. The van der Waals surface area contributed by atoms with E-state index < -0.39 is 0 Å². The average Bonchev–Trinajstić information content (AvgIpc) is 2.35. The van der Waals surface area contributed by atoms with Gasteiger partial charge in [-0.1, -0.05) is 32.6 Å². The minimum absolute atomic E-state index is 0.468. The molecule has 1 atom stereocenters. The number of piperazine rings is 1. The quantitative estimate of drug-likeness (QED) is 0.624. The van der Waals surface area contributed by atoms with Gasteiger partial charge in [0.1, 0.15) is 0 Å². The highest BCUT2D eigenvalue weighted by molar-refractivity contribution is 4.71. The average molecular weight is 242 g/mol. The van der Waals surface area contributed by atoms with E-state index in [0.717, 1.165) is 32.7 Å². The molecule has 0 spiro atoms. The van der Waals surface area contributed by atoms with Crippen molar-refractivity contribution in [2.75, 3.05) is 39.8 Å². The molecule has 0 aromatic heterocycles. The van der Waals surface area contributed by atoms with Crippen molar-refractivity contribution in [1.29, 1.82) is 0 Å². The summed E-state index contributed by atoms with van der Waals surface area (Å²) in [5.41, 5.74) is 9.42. The molecule has 102 valence electrons. The van der Waals surface area contributed by atoms with E-state index in [-0.39, 0.29) is 0 Å². The van der Waals surface area contributed by atoms with Crippen molar-refractivity contribution in [3.8, 4) is 0 Å².